The van der Waals surface area contributed by atoms with Crippen LogP contribution in [0.4, 0.5) is 5.69 Å². The van der Waals surface area contributed by atoms with E-state index in [1.54, 1.807) is 0 Å². The van der Waals surface area contributed by atoms with E-state index in [4.69, 9.17) is 0 Å². The molecule has 29 heavy (non-hydrogen) atoms. The molecule has 1 aromatic heterocycles. The van der Waals surface area contributed by atoms with Gasteiger partial charge in [0.2, 0.25) is 5.91 Å². The molecule has 4 nitrogen and oxygen atoms in total. The molecule has 0 atom stereocenters. The van der Waals surface area contributed by atoms with Gasteiger partial charge in [0.15, 0.2) is 0 Å². The predicted molar refractivity (Wildman–Crippen MR) is 118 cm³/mol. The summed E-state index contributed by atoms with van der Waals surface area (Å²) in [7, 11) is 0. The van der Waals surface area contributed by atoms with Gasteiger partial charge >= 0.3 is 0 Å². The Morgan fingerprint density at radius 3 is 2.66 bits per heavy atom. The first kappa shape index (κ1) is 18.3. The zero-order chi connectivity index (χ0) is 19.8. The van der Waals surface area contributed by atoms with Gasteiger partial charge in [-0.25, -0.2) is 0 Å². The average Bonchev–Trinajstić information content (AvgIpc) is 3.15. The molecule has 5 rings (SSSR count). The van der Waals surface area contributed by atoms with Gasteiger partial charge in [-0.1, -0.05) is 30.3 Å². The van der Waals surface area contributed by atoms with Crippen molar-refractivity contribution in [2.24, 2.45) is 5.41 Å². The number of fused-ring (bicyclic) bond motifs is 1. The molecule has 2 aliphatic rings. The van der Waals surface area contributed by atoms with E-state index in [0.717, 1.165) is 50.8 Å². The fraction of sp³-hybridized carbons (Fsp3) is 0.400. The maximum absolute atomic E-state index is 13.6. The van der Waals surface area contributed by atoms with Gasteiger partial charge < -0.3 is 14.8 Å². The van der Waals surface area contributed by atoms with Gasteiger partial charge in [0, 0.05) is 49.0 Å². The topological polar surface area (TPSA) is 39.3 Å². The number of likely N-dealkylation sites (tertiary alicyclic amines) is 1. The second kappa shape index (κ2) is 7.25. The van der Waals surface area contributed by atoms with Crippen molar-refractivity contribution in [2.45, 2.75) is 39.2 Å². The van der Waals surface area contributed by atoms with Crippen molar-refractivity contribution in [3.63, 3.8) is 0 Å². The lowest BCUT2D eigenvalue weighted by molar-refractivity contribution is -0.148. The molecule has 0 saturated carbocycles. The van der Waals surface area contributed by atoms with Crippen molar-refractivity contribution in [1.29, 1.82) is 0 Å². The number of rotatable bonds is 3. The normalized spacial score (nSPS) is 19.3. The Morgan fingerprint density at radius 1 is 1.00 bits per heavy atom. The minimum Gasteiger partial charge on any atom is -0.371 e. The molecule has 1 N–H and O–H groups in total. The number of piperidine rings is 2. The van der Waals surface area contributed by atoms with Crippen LogP contribution in [-0.4, -0.2) is 35.4 Å². The highest BCUT2D eigenvalue weighted by atomic mass is 16.2. The van der Waals surface area contributed by atoms with Crippen LogP contribution >= 0.6 is 0 Å². The van der Waals surface area contributed by atoms with Crippen LogP contribution in [-0.2, 0) is 11.3 Å². The molecule has 0 radical (unpaired) electrons. The summed E-state index contributed by atoms with van der Waals surface area (Å²) in [5.74, 6) is 0.373. The predicted octanol–water partition coefficient (Wildman–Crippen LogP) is 4.89. The molecule has 0 aliphatic carbocycles. The largest absolute Gasteiger partial charge is 0.371 e. The highest BCUT2D eigenvalue weighted by molar-refractivity contribution is 5.86. The van der Waals surface area contributed by atoms with Crippen LogP contribution in [0.25, 0.3) is 10.9 Å². The first-order chi connectivity index (χ1) is 14.1. The molecule has 0 unspecified atom stereocenters. The molecule has 3 aromatic rings. The van der Waals surface area contributed by atoms with Gasteiger partial charge in [0.1, 0.15) is 0 Å². The lowest BCUT2D eigenvalue weighted by Crippen LogP contribution is -2.53. The van der Waals surface area contributed by atoms with Crippen molar-refractivity contribution in [3.8, 4) is 0 Å². The molecule has 2 aromatic carbocycles. The third-order valence-corrected chi connectivity index (χ3v) is 6.95. The average molecular weight is 388 g/mol. The van der Waals surface area contributed by atoms with Crippen LogP contribution in [0.15, 0.2) is 54.7 Å². The van der Waals surface area contributed by atoms with Crippen molar-refractivity contribution < 1.29 is 4.79 Å². The van der Waals surface area contributed by atoms with Crippen molar-refractivity contribution in [1.82, 2.24) is 9.88 Å². The number of amides is 1. The standard InChI is InChI=1S/C25H29N3O/c1-19-6-4-7-21(16-19)27-14-11-25(12-15-27)10-5-13-28(24(25)29)18-20-17-26-23-9-3-2-8-22(20)23/h2-4,6-9,16-17,26H,5,10-15,18H2,1H3. The Hall–Kier alpha value is -2.75. The van der Waals surface area contributed by atoms with E-state index in [-0.39, 0.29) is 5.41 Å². The highest BCUT2D eigenvalue weighted by Gasteiger charge is 2.45. The zero-order valence-electron chi connectivity index (χ0n) is 17.2. The summed E-state index contributed by atoms with van der Waals surface area (Å²) in [4.78, 5) is 21.5. The summed E-state index contributed by atoms with van der Waals surface area (Å²) in [6.45, 7) is 5.67. The van der Waals surface area contributed by atoms with E-state index in [1.165, 1.54) is 22.2 Å². The Morgan fingerprint density at radius 2 is 1.83 bits per heavy atom. The highest BCUT2D eigenvalue weighted by Crippen LogP contribution is 2.42. The molecule has 1 amide bonds. The quantitative estimate of drug-likeness (QED) is 0.695. The minimum absolute atomic E-state index is 0.162. The van der Waals surface area contributed by atoms with Crippen molar-refractivity contribution in [3.05, 3.63) is 65.9 Å². The second-order valence-corrected chi connectivity index (χ2v) is 8.80. The smallest absolute Gasteiger partial charge is 0.229 e. The van der Waals surface area contributed by atoms with Gasteiger partial charge in [0.25, 0.3) is 0 Å². The van der Waals surface area contributed by atoms with Crippen LogP contribution in [0, 0.1) is 12.3 Å². The van der Waals surface area contributed by atoms with E-state index >= 15 is 0 Å². The molecule has 3 heterocycles. The van der Waals surface area contributed by atoms with Crippen LogP contribution in [0.1, 0.15) is 36.8 Å². The monoisotopic (exact) mass is 387 g/mol. The molecular weight excluding hydrogens is 358 g/mol. The van der Waals surface area contributed by atoms with E-state index in [2.05, 4.69) is 70.4 Å². The molecule has 2 aliphatic heterocycles. The van der Waals surface area contributed by atoms with E-state index < -0.39 is 0 Å². The molecule has 1 spiro atoms. The lowest BCUT2D eigenvalue weighted by Gasteiger charge is -2.47. The van der Waals surface area contributed by atoms with E-state index in [0.29, 0.717) is 12.5 Å². The Labute approximate surface area is 172 Å². The number of carbonyl (C=O) groups is 1. The van der Waals surface area contributed by atoms with E-state index in [9.17, 15) is 4.79 Å². The third-order valence-electron chi connectivity index (χ3n) is 6.95. The maximum atomic E-state index is 13.6. The van der Waals surface area contributed by atoms with Crippen molar-refractivity contribution >= 4 is 22.5 Å². The number of hydrogen-bond acceptors (Lipinski definition) is 2. The molecule has 2 saturated heterocycles. The number of carbonyl (C=O) groups excluding carboxylic acids is 1. The Kier molecular flexibility index (Phi) is 4.57. The number of aromatic amines is 1. The number of aromatic nitrogens is 1. The first-order valence-corrected chi connectivity index (χ1v) is 10.8. The number of benzene rings is 2. The van der Waals surface area contributed by atoms with Crippen LogP contribution in [0.2, 0.25) is 0 Å². The van der Waals surface area contributed by atoms with Crippen LogP contribution < -0.4 is 4.90 Å². The number of anilines is 1. The van der Waals surface area contributed by atoms with Gasteiger partial charge in [0.05, 0.1) is 5.41 Å². The molecule has 2 fully saturated rings. The molecule has 150 valence electrons. The zero-order valence-corrected chi connectivity index (χ0v) is 17.2. The second-order valence-electron chi connectivity index (χ2n) is 8.80. The third kappa shape index (κ3) is 3.31. The minimum atomic E-state index is -0.162. The van der Waals surface area contributed by atoms with Gasteiger partial charge in [-0.05, 0) is 61.9 Å². The first-order valence-electron chi connectivity index (χ1n) is 10.8. The molecular formula is C25H29N3O. The van der Waals surface area contributed by atoms with Gasteiger partial charge in [-0.3, -0.25) is 4.79 Å². The molecule has 4 heteroatoms. The summed E-state index contributed by atoms with van der Waals surface area (Å²) < 4.78 is 0. The summed E-state index contributed by atoms with van der Waals surface area (Å²) in [5.41, 5.74) is 4.79. The SMILES string of the molecule is Cc1cccc(N2CCC3(CCCN(Cc4c[nH]c5ccccc45)C3=O)CC2)c1. The summed E-state index contributed by atoms with van der Waals surface area (Å²) in [6, 6.07) is 17.1. The Balaban J connectivity index is 1.31. The summed E-state index contributed by atoms with van der Waals surface area (Å²) in [5, 5.41) is 1.23. The Bertz CT molecular complexity index is 1030. The molecule has 0 bridgehead atoms. The summed E-state index contributed by atoms with van der Waals surface area (Å²) in [6.07, 6.45) is 6.14. The van der Waals surface area contributed by atoms with Gasteiger partial charge in [-0.15, -0.1) is 0 Å². The summed E-state index contributed by atoms with van der Waals surface area (Å²) >= 11 is 0. The van der Waals surface area contributed by atoms with Crippen LogP contribution in [0.5, 0.6) is 0 Å². The number of nitrogens with one attached hydrogen (secondary N) is 1. The number of H-pyrrole nitrogens is 1. The number of para-hydroxylation sites is 1. The van der Waals surface area contributed by atoms with Gasteiger partial charge in [-0.2, -0.15) is 0 Å². The van der Waals surface area contributed by atoms with Crippen molar-refractivity contribution in [2.75, 3.05) is 24.5 Å². The number of nitrogens with zero attached hydrogens (tertiary/aromatic N) is 2. The number of aryl methyl sites for hydroxylation is 1. The van der Waals surface area contributed by atoms with E-state index in [1.807, 2.05) is 6.07 Å². The van der Waals surface area contributed by atoms with Crippen LogP contribution in [0.3, 0.4) is 0 Å². The maximum Gasteiger partial charge on any atom is 0.229 e. The lowest BCUT2D eigenvalue weighted by atomic mass is 9.71. The fourth-order valence-electron chi connectivity index (χ4n) is 5.25. The fourth-order valence-corrected chi connectivity index (χ4v) is 5.25. The number of hydrogen-bond donors (Lipinski definition) is 1.